The fourth-order valence-electron chi connectivity index (χ4n) is 2.15. The van der Waals surface area contributed by atoms with Gasteiger partial charge in [-0.2, -0.15) is 0 Å². The highest BCUT2D eigenvalue weighted by Crippen LogP contribution is 2.36. The van der Waals surface area contributed by atoms with Gasteiger partial charge in [-0.3, -0.25) is 0 Å². The van der Waals surface area contributed by atoms with Gasteiger partial charge < -0.3 is 5.11 Å². The van der Waals surface area contributed by atoms with Gasteiger partial charge in [0.2, 0.25) is 0 Å². The predicted octanol–water partition coefficient (Wildman–Crippen LogP) is 4.26. The molecule has 0 amide bonds. The number of hydrogen-bond acceptors (Lipinski definition) is 1. The fraction of sp³-hybridized carbons (Fsp3) is 0.200. The van der Waals surface area contributed by atoms with Crippen LogP contribution < -0.4 is 0 Å². The molecule has 0 heterocycles. The van der Waals surface area contributed by atoms with E-state index in [9.17, 15) is 13.9 Å². The molecule has 4 heteroatoms. The maximum atomic E-state index is 14.0. The molecule has 0 saturated heterocycles. The number of rotatable bonds is 3. The van der Waals surface area contributed by atoms with Gasteiger partial charge >= 0.3 is 0 Å². The average molecular weight is 283 g/mol. The summed E-state index contributed by atoms with van der Waals surface area (Å²) >= 11 is 5.69. The van der Waals surface area contributed by atoms with Crippen LogP contribution in [-0.2, 0) is 5.60 Å². The zero-order valence-electron chi connectivity index (χ0n) is 10.3. The molecule has 1 N–H and O–H groups in total. The Bertz CT molecular complexity index is 600. The van der Waals surface area contributed by atoms with Crippen molar-refractivity contribution in [2.45, 2.75) is 18.9 Å². The van der Waals surface area contributed by atoms with Gasteiger partial charge in [0.15, 0.2) is 0 Å². The first kappa shape index (κ1) is 14.0. The second kappa shape index (κ2) is 5.27. The van der Waals surface area contributed by atoms with E-state index in [0.717, 1.165) is 6.07 Å². The summed E-state index contributed by atoms with van der Waals surface area (Å²) in [4.78, 5) is 0. The molecule has 2 rings (SSSR count). The molecule has 2 aromatic carbocycles. The highest BCUT2D eigenvalue weighted by Gasteiger charge is 2.34. The van der Waals surface area contributed by atoms with Crippen LogP contribution in [0.4, 0.5) is 8.78 Å². The maximum Gasteiger partial charge on any atom is 0.131 e. The Morgan fingerprint density at radius 2 is 1.68 bits per heavy atom. The van der Waals surface area contributed by atoms with Gasteiger partial charge in [0.1, 0.15) is 17.2 Å². The van der Waals surface area contributed by atoms with Crippen molar-refractivity contribution in [3.8, 4) is 0 Å². The van der Waals surface area contributed by atoms with Gasteiger partial charge in [-0.05, 0) is 24.6 Å². The topological polar surface area (TPSA) is 20.2 Å². The van der Waals surface area contributed by atoms with Crippen LogP contribution in [0.5, 0.6) is 0 Å². The molecule has 0 fully saturated rings. The molecule has 0 bridgehead atoms. The molecule has 19 heavy (non-hydrogen) atoms. The lowest BCUT2D eigenvalue weighted by Gasteiger charge is -2.28. The number of hydrogen-bond donors (Lipinski definition) is 1. The Labute approximate surface area is 115 Å². The Hall–Kier alpha value is -1.45. The maximum absolute atomic E-state index is 14.0. The van der Waals surface area contributed by atoms with Crippen molar-refractivity contribution in [2.24, 2.45) is 0 Å². The lowest BCUT2D eigenvalue weighted by atomic mass is 9.83. The first-order valence-electron chi connectivity index (χ1n) is 5.92. The van der Waals surface area contributed by atoms with Gasteiger partial charge in [0, 0.05) is 16.1 Å². The SMILES string of the molecule is CCC(O)(c1ccccc1F)c1ccc(Cl)cc1F. The second-order valence-corrected chi connectivity index (χ2v) is 4.75. The summed E-state index contributed by atoms with van der Waals surface area (Å²) in [5, 5.41) is 10.9. The molecule has 0 aliphatic rings. The largest absolute Gasteiger partial charge is 0.380 e. The van der Waals surface area contributed by atoms with Crippen molar-refractivity contribution in [3.63, 3.8) is 0 Å². The van der Waals surface area contributed by atoms with Crippen LogP contribution in [0, 0.1) is 11.6 Å². The van der Waals surface area contributed by atoms with Crippen LogP contribution in [0.1, 0.15) is 24.5 Å². The van der Waals surface area contributed by atoms with E-state index in [0.29, 0.717) is 0 Å². The first-order valence-corrected chi connectivity index (χ1v) is 6.29. The molecule has 0 radical (unpaired) electrons. The molecule has 2 aromatic rings. The Balaban J connectivity index is 2.63. The van der Waals surface area contributed by atoms with E-state index in [1.807, 2.05) is 0 Å². The predicted molar refractivity (Wildman–Crippen MR) is 71.1 cm³/mol. The van der Waals surface area contributed by atoms with E-state index < -0.39 is 17.2 Å². The molecule has 0 saturated carbocycles. The highest BCUT2D eigenvalue weighted by molar-refractivity contribution is 6.30. The molecule has 100 valence electrons. The monoisotopic (exact) mass is 282 g/mol. The van der Waals surface area contributed by atoms with Gasteiger partial charge in [-0.15, -0.1) is 0 Å². The summed E-state index contributed by atoms with van der Waals surface area (Å²) in [7, 11) is 0. The summed E-state index contributed by atoms with van der Waals surface area (Å²) in [5.74, 6) is -1.22. The molecule has 1 nitrogen and oxygen atoms in total. The fourth-order valence-corrected chi connectivity index (χ4v) is 2.31. The lowest BCUT2D eigenvalue weighted by molar-refractivity contribution is 0.0687. The van der Waals surface area contributed by atoms with Crippen LogP contribution in [-0.4, -0.2) is 5.11 Å². The smallest absolute Gasteiger partial charge is 0.131 e. The van der Waals surface area contributed by atoms with Crippen LogP contribution in [0.2, 0.25) is 5.02 Å². The zero-order chi connectivity index (χ0) is 14.0. The van der Waals surface area contributed by atoms with Crippen molar-refractivity contribution < 1.29 is 13.9 Å². The first-order chi connectivity index (χ1) is 8.99. The Morgan fingerprint density at radius 1 is 1.05 bits per heavy atom. The van der Waals surface area contributed by atoms with Crippen LogP contribution in [0.15, 0.2) is 42.5 Å². The van der Waals surface area contributed by atoms with E-state index >= 15 is 0 Å². The van der Waals surface area contributed by atoms with Crippen molar-refractivity contribution in [2.75, 3.05) is 0 Å². The Kier molecular flexibility index (Phi) is 3.88. The highest BCUT2D eigenvalue weighted by atomic mass is 35.5. The van der Waals surface area contributed by atoms with Crippen molar-refractivity contribution in [1.29, 1.82) is 0 Å². The normalized spacial score (nSPS) is 14.2. The molecule has 0 aliphatic carbocycles. The molecule has 1 unspecified atom stereocenters. The third-order valence-corrected chi connectivity index (χ3v) is 3.44. The third kappa shape index (κ3) is 2.48. The van der Waals surface area contributed by atoms with E-state index in [-0.39, 0.29) is 22.6 Å². The molecular weight excluding hydrogens is 270 g/mol. The van der Waals surface area contributed by atoms with E-state index in [4.69, 9.17) is 11.6 Å². The molecule has 1 atom stereocenters. The summed E-state index contributed by atoms with van der Waals surface area (Å²) in [6.45, 7) is 1.67. The number of benzene rings is 2. The minimum absolute atomic E-state index is 0.0181. The van der Waals surface area contributed by atoms with Crippen molar-refractivity contribution in [1.82, 2.24) is 0 Å². The van der Waals surface area contributed by atoms with Gasteiger partial charge in [-0.25, -0.2) is 8.78 Å². The van der Waals surface area contributed by atoms with Crippen LogP contribution in [0.25, 0.3) is 0 Å². The van der Waals surface area contributed by atoms with Crippen LogP contribution >= 0.6 is 11.6 Å². The standard InChI is InChI=1S/C15H13ClF2O/c1-2-15(19,11-5-3-4-6-13(11)17)12-8-7-10(16)9-14(12)18/h3-9,19H,2H2,1H3. The minimum atomic E-state index is -1.71. The summed E-state index contributed by atoms with van der Waals surface area (Å²) in [6, 6.07) is 9.78. The summed E-state index contributed by atoms with van der Waals surface area (Å²) < 4.78 is 27.8. The second-order valence-electron chi connectivity index (χ2n) is 4.32. The van der Waals surface area contributed by atoms with E-state index in [1.54, 1.807) is 13.0 Å². The summed E-state index contributed by atoms with van der Waals surface area (Å²) in [5.41, 5.74) is -1.64. The van der Waals surface area contributed by atoms with Crippen LogP contribution in [0.3, 0.4) is 0 Å². The van der Waals surface area contributed by atoms with E-state index in [1.165, 1.54) is 30.3 Å². The van der Waals surface area contributed by atoms with Gasteiger partial charge in [0.05, 0.1) is 0 Å². The summed E-state index contributed by atoms with van der Waals surface area (Å²) in [6.07, 6.45) is 0.145. The van der Waals surface area contributed by atoms with Gasteiger partial charge in [-0.1, -0.05) is 42.8 Å². The molecule has 0 spiro atoms. The van der Waals surface area contributed by atoms with Crippen molar-refractivity contribution >= 4 is 11.6 Å². The third-order valence-electron chi connectivity index (χ3n) is 3.21. The van der Waals surface area contributed by atoms with Crippen molar-refractivity contribution in [3.05, 3.63) is 70.2 Å². The quantitative estimate of drug-likeness (QED) is 0.891. The average Bonchev–Trinajstić information content (AvgIpc) is 2.38. The van der Waals surface area contributed by atoms with E-state index in [2.05, 4.69) is 0 Å². The zero-order valence-corrected chi connectivity index (χ0v) is 11.1. The molecule has 0 aliphatic heterocycles. The Morgan fingerprint density at radius 3 is 2.26 bits per heavy atom. The number of halogens is 3. The van der Waals surface area contributed by atoms with Gasteiger partial charge in [0.25, 0.3) is 0 Å². The molecule has 0 aromatic heterocycles. The lowest BCUT2D eigenvalue weighted by Crippen LogP contribution is -2.28. The number of aliphatic hydroxyl groups is 1. The molecular formula is C15H13ClF2O. The minimum Gasteiger partial charge on any atom is -0.380 e.